The molecule has 11 heavy (non-hydrogen) atoms. The summed E-state index contributed by atoms with van der Waals surface area (Å²) in [4.78, 5) is 0. The first-order valence-corrected chi connectivity index (χ1v) is 5.87. The van der Waals surface area contributed by atoms with Gasteiger partial charge in [0.2, 0.25) is 0 Å². The number of alkyl halides is 2. The summed E-state index contributed by atoms with van der Waals surface area (Å²) in [6.45, 7) is 9.21. The quantitative estimate of drug-likeness (QED) is 0.667. The van der Waals surface area contributed by atoms with Crippen LogP contribution in [0.2, 0.25) is 0 Å². The van der Waals surface area contributed by atoms with Gasteiger partial charge in [-0.15, -0.1) is 0 Å². The Morgan fingerprint density at radius 3 is 1.73 bits per heavy atom. The van der Waals surface area contributed by atoms with E-state index < -0.39 is 0 Å². The van der Waals surface area contributed by atoms with E-state index in [2.05, 4.69) is 59.6 Å². The van der Waals surface area contributed by atoms with E-state index in [1.165, 1.54) is 6.42 Å². The highest BCUT2D eigenvalue weighted by Crippen LogP contribution is 2.75. The number of hydrogen-bond donors (Lipinski definition) is 0. The van der Waals surface area contributed by atoms with Crippen LogP contribution in [0.25, 0.3) is 0 Å². The van der Waals surface area contributed by atoms with Gasteiger partial charge < -0.3 is 0 Å². The Morgan fingerprint density at radius 2 is 1.73 bits per heavy atom. The molecule has 1 fully saturated rings. The van der Waals surface area contributed by atoms with E-state index in [0.29, 0.717) is 5.41 Å². The van der Waals surface area contributed by atoms with Gasteiger partial charge in [-0.05, 0) is 18.3 Å². The molecule has 1 aliphatic rings. The van der Waals surface area contributed by atoms with E-state index >= 15 is 0 Å². The van der Waals surface area contributed by atoms with Crippen LogP contribution >= 0.6 is 31.9 Å². The van der Waals surface area contributed by atoms with Gasteiger partial charge in [0.1, 0.15) is 0 Å². The molecule has 66 valence electrons. The number of hydrogen-bond acceptors (Lipinski definition) is 0. The average molecular weight is 284 g/mol. The molecule has 2 heteroatoms. The summed E-state index contributed by atoms with van der Waals surface area (Å²) in [7, 11) is 0. The molecule has 2 atom stereocenters. The van der Waals surface area contributed by atoms with E-state index in [1.54, 1.807) is 0 Å². The molecule has 0 spiro atoms. The third kappa shape index (κ3) is 1.05. The minimum Gasteiger partial charge on any atom is -0.0718 e. The molecule has 0 aromatic carbocycles. The first-order valence-electron chi connectivity index (χ1n) is 4.29. The largest absolute Gasteiger partial charge is 0.0898 e. The Labute approximate surface area is 86.4 Å². The summed E-state index contributed by atoms with van der Waals surface area (Å²) < 4.78 is 0.218. The van der Waals surface area contributed by atoms with Crippen LogP contribution in [0.4, 0.5) is 0 Å². The molecule has 0 aromatic heterocycles. The molecule has 0 saturated heterocycles. The van der Waals surface area contributed by atoms with Crippen molar-refractivity contribution in [1.29, 1.82) is 0 Å². The topological polar surface area (TPSA) is 0 Å². The molecule has 0 aliphatic heterocycles. The van der Waals surface area contributed by atoms with Gasteiger partial charge in [-0.2, -0.15) is 0 Å². The van der Waals surface area contributed by atoms with Crippen molar-refractivity contribution in [2.75, 3.05) is 0 Å². The molecule has 0 radical (unpaired) electrons. The predicted octanol–water partition coefficient (Wildman–Crippen LogP) is 4.17. The SMILES string of the molecule is CCC1(C(C)C)C(C)C1(Br)Br. The first-order chi connectivity index (χ1) is 4.91. The number of halogens is 2. The fourth-order valence-corrected chi connectivity index (χ4v) is 5.25. The third-order valence-electron chi connectivity index (χ3n) is 3.47. The van der Waals surface area contributed by atoms with Crippen molar-refractivity contribution >= 4 is 31.9 Å². The highest BCUT2D eigenvalue weighted by atomic mass is 79.9. The molecule has 0 N–H and O–H groups in total. The molecule has 2 unspecified atom stereocenters. The summed E-state index contributed by atoms with van der Waals surface area (Å²) in [6, 6.07) is 0. The van der Waals surface area contributed by atoms with Crippen LogP contribution in [-0.4, -0.2) is 3.23 Å². The van der Waals surface area contributed by atoms with E-state index in [9.17, 15) is 0 Å². The van der Waals surface area contributed by atoms with E-state index in [4.69, 9.17) is 0 Å². The maximum absolute atomic E-state index is 3.75. The van der Waals surface area contributed by atoms with Crippen molar-refractivity contribution in [3.63, 3.8) is 0 Å². The zero-order valence-electron chi connectivity index (χ0n) is 7.62. The highest BCUT2D eigenvalue weighted by Gasteiger charge is 2.71. The summed E-state index contributed by atoms with van der Waals surface area (Å²) in [5.74, 6) is 1.50. The lowest BCUT2D eigenvalue weighted by Gasteiger charge is -2.20. The molecule has 0 amide bonds. The smallest absolute Gasteiger partial charge is 0.0718 e. The molecular formula is C9H16Br2. The predicted molar refractivity (Wildman–Crippen MR) is 57.3 cm³/mol. The van der Waals surface area contributed by atoms with Crippen LogP contribution in [0.5, 0.6) is 0 Å². The molecule has 1 rings (SSSR count). The van der Waals surface area contributed by atoms with Crippen molar-refractivity contribution in [3.05, 3.63) is 0 Å². The standard InChI is InChI=1S/C9H16Br2/c1-5-8(6(2)3)7(4)9(8,10)11/h6-7H,5H2,1-4H3. The molecule has 1 saturated carbocycles. The first kappa shape index (κ1) is 10.0. The fraction of sp³-hybridized carbons (Fsp3) is 1.00. The second-order valence-corrected chi connectivity index (χ2v) is 7.46. The van der Waals surface area contributed by atoms with Gasteiger partial charge >= 0.3 is 0 Å². The summed E-state index contributed by atoms with van der Waals surface area (Å²) >= 11 is 7.51. The third-order valence-corrected chi connectivity index (χ3v) is 6.32. The number of rotatable bonds is 2. The van der Waals surface area contributed by atoms with Gasteiger partial charge in [0.25, 0.3) is 0 Å². The molecule has 0 bridgehead atoms. The monoisotopic (exact) mass is 282 g/mol. The Morgan fingerprint density at radius 1 is 1.36 bits per heavy atom. The lowest BCUT2D eigenvalue weighted by atomic mass is 9.88. The Hall–Kier alpha value is 0.960. The Kier molecular flexibility index (Phi) is 2.49. The van der Waals surface area contributed by atoms with Crippen molar-refractivity contribution in [3.8, 4) is 0 Å². The summed E-state index contributed by atoms with van der Waals surface area (Å²) in [5.41, 5.74) is 0.479. The Bertz CT molecular complexity index is 163. The van der Waals surface area contributed by atoms with Crippen molar-refractivity contribution in [2.45, 2.75) is 37.3 Å². The average Bonchev–Trinajstić information content (AvgIpc) is 2.30. The van der Waals surface area contributed by atoms with Crippen LogP contribution in [0.1, 0.15) is 34.1 Å². The lowest BCUT2D eigenvalue weighted by Crippen LogP contribution is -2.15. The second kappa shape index (κ2) is 2.73. The maximum atomic E-state index is 3.75. The van der Waals surface area contributed by atoms with Gasteiger partial charge in [0.05, 0.1) is 3.23 Å². The molecule has 0 aromatic rings. The summed E-state index contributed by atoms with van der Waals surface area (Å²) in [6.07, 6.45) is 1.25. The van der Waals surface area contributed by atoms with E-state index in [-0.39, 0.29) is 3.23 Å². The maximum Gasteiger partial charge on any atom is 0.0898 e. The fourth-order valence-electron chi connectivity index (χ4n) is 2.50. The molecular weight excluding hydrogens is 268 g/mol. The Balaban J connectivity index is 2.84. The van der Waals surface area contributed by atoms with Gasteiger partial charge in [-0.3, -0.25) is 0 Å². The van der Waals surface area contributed by atoms with Crippen LogP contribution in [0.15, 0.2) is 0 Å². The highest BCUT2D eigenvalue weighted by molar-refractivity contribution is 9.25. The minimum absolute atomic E-state index is 0.218. The molecule has 1 aliphatic carbocycles. The zero-order valence-corrected chi connectivity index (χ0v) is 10.8. The van der Waals surface area contributed by atoms with Gasteiger partial charge in [0.15, 0.2) is 0 Å². The minimum atomic E-state index is 0.218. The molecule has 0 nitrogen and oxygen atoms in total. The van der Waals surface area contributed by atoms with Crippen LogP contribution in [0, 0.1) is 17.3 Å². The van der Waals surface area contributed by atoms with Crippen LogP contribution in [0.3, 0.4) is 0 Å². The summed E-state index contributed by atoms with van der Waals surface area (Å²) in [5, 5.41) is 0. The van der Waals surface area contributed by atoms with Gasteiger partial charge in [0, 0.05) is 5.41 Å². The lowest BCUT2D eigenvalue weighted by molar-refractivity contribution is 0.319. The normalized spacial score (nSPS) is 41.2. The van der Waals surface area contributed by atoms with Gasteiger partial charge in [-0.1, -0.05) is 59.6 Å². The van der Waals surface area contributed by atoms with Crippen LogP contribution < -0.4 is 0 Å². The van der Waals surface area contributed by atoms with E-state index in [1.807, 2.05) is 0 Å². The van der Waals surface area contributed by atoms with Crippen LogP contribution in [-0.2, 0) is 0 Å². The van der Waals surface area contributed by atoms with Crippen molar-refractivity contribution in [2.24, 2.45) is 17.3 Å². The van der Waals surface area contributed by atoms with Crippen molar-refractivity contribution < 1.29 is 0 Å². The van der Waals surface area contributed by atoms with Crippen molar-refractivity contribution in [1.82, 2.24) is 0 Å². The zero-order chi connectivity index (χ0) is 8.86. The van der Waals surface area contributed by atoms with Gasteiger partial charge in [-0.25, -0.2) is 0 Å². The molecule has 0 heterocycles. The second-order valence-electron chi connectivity index (χ2n) is 3.89. The van der Waals surface area contributed by atoms with E-state index in [0.717, 1.165) is 11.8 Å².